The van der Waals surface area contributed by atoms with Crippen LogP contribution in [0.15, 0.2) is 22.7 Å². The minimum absolute atomic E-state index is 0.104. The van der Waals surface area contributed by atoms with Gasteiger partial charge in [0.1, 0.15) is 11.9 Å². The van der Waals surface area contributed by atoms with Gasteiger partial charge in [0.05, 0.1) is 19.3 Å². The minimum Gasteiger partial charge on any atom is -0.488 e. The van der Waals surface area contributed by atoms with Crippen LogP contribution in [0.1, 0.15) is 25.0 Å². The van der Waals surface area contributed by atoms with Crippen molar-refractivity contribution in [1.29, 1.82) is 0 Å². The topological polar surface area (TPSA) is 38.7 Å². The second kappa shape index (κ2) is 5.17. The Morgan fingerprint density at radius 1 is 1.56 bits per heavy atom. The average Bonchev–Trinajstić information content (AvgIpc) is 2.70. The number of hydrogen-bond acceptors (Lipinski definition) is 3. The van der Waals surface area contributed by atoms with Gasteiger partial charge < -0.3 is 14.6 Å². The zero-order chi connectivity index (χ0) is 11.5. The Morgan fingerprint density at radius 2 is 2.38 bits per heavy atom. The highest BCUT2D eigenvalue weighted by atomic mass is 79.9. The van der Waals surface area contributed by atoms with E-state index in [-0.39, 0.29) is 6.10 Å². The third kappa shape index (κ3) is 2.75. The number of ether oxygens (including phenoxy) is 2. The van der Waals surface area contributed by atoms with Crippen LogP contribution in [0.25, 0.3) is 0 Å². The predicted molar refractivity (Wildman–Crippen MR) is 64.6 cm³/mol. The van der Waals surface area contributed by atoms with Crippen molar-refractivity contribution in [3.05, 3.63) is 28.2 Å². The molecular weight excluding hydrogens is 272 g/mol. The lowest BCUT2D eigenvalue weighted by molar-refractivity contribution is 0.135. The zero-order valence-corrected chi connectivity index (χ0v) is 10.7. The van der Waals surface area contributed by atoms with Crippen LogP contribution in [-0.2, 0) is 4.74 Å². The van der Waals surface area contributed by atoms with Crippen LogP contribution in [0.4, 0.5) is 0 Å². The van der Waals surface area contributed by atoms with E-state index in [0.717, 1.165) is 28.8 Å². The molecule has 0 radical (unpaired) electrons. The Hall–Kier alpha value is -0.580. The molecular formula is C12H15BrO3. The minimum atomic E-state index is -0.523. The summed E-state index contributed by atoms with van der Waals surface area (Å²) >= 11 is 3.40. The van der Waals surface area contributed by atoms with Gasteiger partial charge in [0, 0.05) is 16.5 Å². The maximum absolute atomic E-state index is 9.64. The molecule has 1 fully saturated rings. The lowest BCUT2D eigenvalue weighted by Gasteiger charge is -2.17. The monoisotopic (exact) mass is 286 g/mol. The highest BCUT2D eigenvalue weighted by molar-refractivity contribution is 9.10. The van der Waals surface area contributed by atoms with Crippen LogP contribution >= 0.6 is 15.9 Å². The van der Waals surface area contributed by atoms with Crippen LogP contribution in [0, 0.1) is 0 Å². The van der Waals surface area contributed by atoms with E-state index in [2.05, 4.69) is 15.9 Å². The Bertz CT molecular complexity index is 359. The van der Waals surface area contributed by atoms with E-state index in [1.54, 1.807) is 6.92 Å². The first kappa shape index (κ1) is 11.9. The number of aliphatic hydroxyl groups is 1. The maximum atomic E-state index is 9.64. The molecule has 0 spiro atoms. The second-order valence-electron chi connectivity index (χ2n) is 3.96. The summed E-state index contributed by atoms with van der Waals surface area (Å²) in [5, 5.41) is 9.64. The molecule has 0 aliphatic carbocycles. The smallest absolute Gasteiger partial charge is 0.126 e. The lowest BCUT2D eigenvalue weighted by atomic mass is 10.1. The fourth-order valence-corrected chi connectivity index (χ4v) is 2.08. The molecule has 1 aliphatic rings. The molecule has 1 aromatic rings. The molecule has 88 valence electrons. The Labute approximate surface area is 104 Å². The van der Waals surface area contributed by atoms with Crippen molar-refractivity contribution in [2.24, 2.45) is 0 Å². The molecule has 0 bridgehead atoms. The highest BCUT2D eigenvalue weighted by Crippen LogP contribution is 2.30. The van der Waals surface area contributed by atoms with Gasteiger partial charge in [0.15, 0.2) is 0 Å². The molecule has 1 aromatic carbocycles. The molecule has 4 heteroatoms. The van der Waals surface area contributed by atoms with E-state index in [1.165, 1.54) is 0 Å². The summed E-state index contributed by atoms with van der Waals surface area (Å²) in [5.74, 6) is 0.736. The van der Waals surface area contributed by atoms with Gasteiger partial charge in [-0.05, 0) is 19.1 Å². The predicted octanol–water partition coefficient (Wildman–Crippen LogP) is 2.67. The van der Waals surface area contributed by atoms with Gasteiger partial charge in [-0.2, -0.15) is 0 Å². The fourth-order valence-electron chi connectivity index (χ4n) is 1.74. The summed E-state index contributed by atoms with van der Waals surface area (Å²) in [6.45, 7) is 3.12. The van der Waals surface area contributed by atoms with Crippen molar-refractivity contribution in [3.63, 3.8) is 0 Å². The van der Waals surface area contributed by atoms with Crippen molar-refractivity contribution in [1.82, 2.24) is 0 Å². The third-order valence-corrected chi connectivity index (χ3v) is 3.10. The molecule has 0 saturated carbocycles. The van der Waals surface area contributed by atoms with Crippen molar-refractivity contribution in [2.45, 2.75) is 25.6 Å². The quantitative estimate of drug-likeness (QED) is 0.929. The molecule has 1 aliphatic heterocycles. The van der Waals surface area contributed by atoms with Crippen molar-refractivity contribution in [3.8, 4) is 5.75 Å². The van der Waals surface area contributed by atoms with E-state index in [1.807, 2.05) is 18.2 Å². The van der Waals surface area contributed by atoms with Gasteiger partial charge >= 0.3 is 0 Å². The van der Waals surface area contributed by atoms with E-state index < -0.39 is 6.10 Å². The third-order valence-electron chi connectivity index (χ3n) is 2.61. The van der Waals surface area contributed by atoms with E-state index in [0.29, 0.717) is 6.61 Å². The van der Waals surface area contributed by atoms with Crippen LogP contribution in [0.2, 0.25) is 0 Å². The normalized spacial score (nSPS) is 22.1. The van der Waals surface area contributed by atoms with E-state index in [9.17, 15) is 5.11 Å². The number of hydrogen-bond donors (Lipinski definition) is 1. The molecule has 2 atom stereocenters. The molecule has 3 nitrogen and oxygen atoms in total. The first-order valence-electron chi connectivity index (χ1n) is 5.38. The number of benzene rings is 1. The maximum Gasteiger partial charge on any atom is 0.126 e. The number of aliphatic hydroxyl groups excluding tert-OH is 1. The molecule has 2 unspecified atom stereocenters. The first-order valence-corrected chi connectivity index (χ1v) is 6.18. The van der Waals surface area contributed by atoms with Gasteiger partial charge in [-0.3, -0.25) is 0 Å². The largest absolute Gasteiger partial charge is 0.488 e. The van der Waals surface area contributed by atoms with E-state index in [4.69, 9.17) is 9.47 Å². The van der Waals surface area contributed by atoms with Gasteiger partial charge in [0.25, 0.3) is 0 Å². The van der Waals surface area contributed by atoms with Gasteiger partial charge in [-0.15, -0.1) is 0 Å². The van der Waals surface area contributed by atoms with Crippen LogP contribution in [0.3, 0.4) is 0 Å². The molecule has 0 amide bonds. The highest BCUT2D eigenvalue weighted by Gasteiger charge is 2.19. The summed E-state index contributed by atoms with van der Waals surface area (Å²) in [5.41, 5.74) is 0.815. The SMILES string of the molecule is CC(O)c1ccc(Br)cc1OC1CCOC1. The molecule has 2 rings (SSSR count). The summed E-state index contributed by atoms with van der Waals surface area (Å²) in [6, 6.07) is 5.67. The standard InChI is InChI=1S/C12H15BrO3/c1-8(14)11-3-2-9(13)6-12(11)16-10-4-5-15-7-10/h2-3,6,8,10,14H,4-5,7H2,1H3. The molecule has 16 heavy (non-hydrogen) atoms. The van der Waals surface area contributed by atoms with Gasteiger partial charge in [-0.1, -0.05) is 22.0 Å². The second-order valence-corrected chi connectivity index (χ2v) is 4.88. The lowest BCUT2D eigenvalue weighted by Crippen LogP contribution is -2.17. The van der Waals surface area contributed by atoms with Crippen LogP contribution in [0.5, 0.6) is 5.75 Å². The Balaban J connectivity index is 2.19. The Kier molecular flexibility index (Phi) is 3.84. The summed E-state index contributed by atoms with van der Waals surface area (Å²) in [6.07, 6.45) is 0.489. The van der Waals surface area contributed by atoms with Crippen molar-refractivity contribution in [2.75, 3.05) is 13.2 Å². The van der Waals surface area contributed by atoms with Crippen LogP contribution in [-0.4, -0.2) is 24.4 Å². The summed E-state index contributed by atoms with van der Waals surface area (Å²) in [7, 11) is 0. The number of halogens is 1. The van der Waals surface area contributed by atoms with Crippen LogP contribution < -0.4 is 4.74 Å². The van der Waals surface area contributed by atoms with Crippen molar-refractivity contribution < 1.29 is 14.6 Å². The average molecular weight is 287 g/mol. The molecule has 1 N–H and O–H groups in total. The fraction of sp³-hybridized carbons (Fsp3) is 0.500. The zero-order valence-electron chi connectivity index (χ0n) is 9.15. The Morgan fingerprint density at radius 3 is 3.00 bits per heavy atom. The molecule has 1 heterocycles. The molecule has 1 saturated heterocycles. The molecule has 0 aromatic heterocycles. The number of rotatable bonds is 3. The van der Waals surface area contributed by atoms with Gasteiger partial charge in [-0.25, -0.2) is 0 Å². The van der Waals surface area contributed by atoms with Crippen molar-refractivity contribution >= 4 is 15.9 Å². The van der Waals surface area contributed by atoms with E-state index >= 15 is 0 Å². The summed E-state index contributed by atoms with van der Waals surface area (Å²) in [4.78, 5) is 0. The first-order chi connectivity index (χ1) is 7.66. The van der Waals surface area contributed by atoms with Gasteiger partial charge in [0.2, 0.25) is 0 Å². The summed E-state index contributed by atoms with van der Waals surface area (Å²) < 4.78 is 12.0.